The number of nitrogens with two attached hydrogens (primary N) is 1. The summed E-state index contributed by atoms with van der Waals surface area (Å²) < 4.78 is 0. The van der Waals surface area contributed by atoms with Crippen LogP contribution in [0.15, 0.2) is 24.3 Å². The first-order chi connectivity index (χ1) is 10.5. The van der Waals surface area contributed by atoms with Crippen LogP contribution in [0.3, 0.4) is 0 Å². The number of hydrogen-bond acceptors (Lipinski definition) is 4. The lowest BCUT2D eigenvalue weighted by Crippen LogP contribution is -2.17. The molecule has 4 nitrogen and oxygen atoms in total. The van der Waals surface area contributed by atoms with Gasteiger partial charge in [-0.2, -0.15) is 0 Å². The highest BCUT2D eigenvalue weighted by atomic mass is 35.5. The van der Waals surface area contributed by atoms with E-state index < -0.39 is 0 Å². The van der Waals surface area contributed by atoms with Crippen LogP contribution in [0.4, 0.5) is 0 Å². The third kappa shape index (κ3) is 5.38. The van der Waals surface area contributed by atoms with E-state index in [9.17, 15) is 4.79 Å². The fourth-order valence-corrected chi connectivity index (χ4v) is 2.26. The molecule has 0 heterocycles. The van der Waals surface area contributed by atoms with E-state index in [1.54, 1.807) is 12.1 Å². The highest BCUT2D eigenvalue weighted by Crippen LogP contribution is 2.31. The molecule has 0 radical (unpaired) electrons. The Morgan fingerprint density at radius 3 is 2.68 bits per heavy atom. The molecule has 0 fully saturated rings. The van der Waals surface area contributed by atoms with E-state index in [1.807, 2.05) is 6.92 Å². The van der Waals surface area contributed by atoms with Gasteiger partial charge in [-0.1, -0.05) is 42.8 Å². The van der Waals surface area contributed by atoms with Gasteiger partial charge in [0, 0.05) is 12.1 Å². The number of halogens is 2. The molecule has 1 aromatic carbocycles. The predicted molar refractivity (Wildman–Crippen MR) is 91.3 cm³/mol. The molecule has 0 spiro atoms. The fraction of sp³-hybridized carbons (Fsp3) is 0.438. The van der Waals surface area contributed by atoms with Gasteiger partial charge in [-0.25, -0.2) is 5.48 Å². The van der Waals surface area contributed by atoms with Crippen molar-refractivity contribution >= 4 is 29.0 Å². The number of hydroxylamine groups is 1. The maximum atomic E-state index is 12.1. The summed E-state index contributed by atoms with van der Waals surface area (Å²) >= 11 is 12.4. The van der Waals surface area contributed by atoms with Gasteiger partial charge in [-0.3, -0.25) is 9.63 Å². The summed E-state index contributed by atoms with van der Waals surface area (Å²) in [6, 6.07) is 3.40. The van der Waals surface area contributed by atoms with E-state index in [2.05, 4.69) is 12.1 Å². The molecule has 3 N–H and O–H groups in total. The molecule has 122 valence electrons. The maximum Gasteiger partial charge on any atom is 0.189 e. The van der Waals surface area contributed by atoms with Crippen molar-refractivity contribution in [2.24, 2.45) is 5.73 Å². The van der Waals surface area contributed by atoms with Gasteiger partial charge in [0.25, 0.3) is 0 Å². The topological polar surface area (TPSA) is 64.3 Å². The maximum absolute atomic E-state index is 12.1. The number of carbonyl (C=O) groups excluding carboxylic acids is 1. The van der Waals surface area contributed by atoms with Gasteiger partial charge >= 0.3 is 0 Å². The largest absolute Gasteiger partial charge is 0.330 e. The van der Waals surface area contributed by atoms with Gasteiger partial charge in [0.1, 0.15) is 0 Å². The van der Waals surface area contributed by atoms with E-state index in [0.717, 1.165) is 24.9 Å². The van der Waals surface area contributed by atoms with Gasteiger partial charge in [0.2, 0.25) is 0 Å². The summed E-state index contributed by atoms with van der Waals surface area (Å²) in [5, 5.41) is 0.575. The lowest BCUT2D eigenvalue weighted by molar-refractivity contribution is 0.0274. The van der Waals surface area contributed by atoms with Gasteiger partial charge in [-0.05, 0) is 43.0 Å². The first-order valence-corrected chi connectivity index (χ1v) is 8.02. The Balaban J connectivity index is 2.66. The number of benzene rings is 1. The van der Waals surface area contributed by atoms with Gasteiger partial charge in [0.05, 0.1) is 16.7 Å². The average Bonchev–Trinajstić information content (AvgIpc) is 2.53. The fourth-order valence-electron chi connectivity index (χ4n) is 1.77. The third-order valence-corrected chi connectivity index (χ3v) is 4.14. The smallest absolute Gasteiger partial charge is 0.189 e. The molecule has 0 saturated heterocycles. The molecule has 0 aliphatic heterocycles. The molecule has 0 aliphatic rings. The summed E-state index contributed by atoms with van der Waals surface area (Å²) in [6.07, 6.45) is 2.46. The lowest BCUT2D eigenvalue weighted by atomic mass is 10.0. The Morgan fingerprint density at radius 2 is 2.05 bits per heavy atom. The van der Waals surface area contributed by atoms with Crippen LogP contribution >= 0.6 is 23.2 Å². The standard InChI is InChI=1S/C16H22Cl2N2O2/c1-3-11(2)16(21)13-7-6-12(14(17)15(13)18)10-22-20-9-5-4-8-19/h6-7,20H,2-5,8-10,19H2,1H3. The van der Waals surface area contributed by atoms with Crippen molar-refractivity contribution in [1.29, 1.82) is 0 Å². The van der Waals surface area contributed by atoms with Crippen molar-refractivity contribution in [2.45, 2.75) is 32.8 Å². The van der Waals surface area contributed by atoms with Crippen LogP contribution in [0, 0.1) is 0 Å². The number of hydrogen-bond donors (Lipinski definition) is 2. The summed E-state index contributed by atoms with van der Waals surface area (Å²) in [6.45, 7) is 7.26. The van der Waals surface area contributed by atoms with Crippen molar-refractivity contribution in [3.8, 4) is 0 Å². The SMILES string of the molecule is C=C(CC)C(=O)c1ccc(CONCCCCN)c(Cl)c1Cl. The first kappa shape index (κ1) is 19.1. The zero-order valence-corrected chi connectivity index (χ0v) is 14.3. The van der Waals surface area contributed by atoms with E-state index in [-0.39, 0.29) is 17.4 Å². The Bertz CT molecular complexity index is 533. The van der Waals surface area contributed by atoms with E-state index in [4.69, 9.17) is 33.8 Å². The molecule has 0 aliphatic carbocycles. The van der Waals surface area contributed by atoms with Crippen LogP contribution in [0.2, 0.25) is 10.0 Å². The number of ketones is 1. The van der Waals surface area contributed by atoms with Crippen molar-refractivity contribution in [3.05, 3.63) is 45.5 Å². The zero-order chi connectivity index (χ0) is 16.5. The summed E-state index contributed by atoms with van der Waals surface area (Å²) in [7, 11) is 0. The molecule has 0 bridgehead atoms. The normalized spacial score (nSPS) is 10.7. The Morgan fingerprint density at radius 1 is 1.32 bits per heavy atom. The second-order valence-electron chi connectivity index (χ2n) is 4.87. The molecular formula is C16H22Cl2N2O2. The Hall–Kier alpha value is -0.910. The van der Waals surface area contributed by atoms with Gasteiger partial charge < -0.3 is 5.73 Å². The van der Waals surface area contributed by atoms with Crippen LogP contribution in [0.1, 0.15) is 42.1 Å². The second-order valence-corrected chi connectivity index (χ2v) is 5.62. The second kappa shape index (κ2) is 9.98. The van der Waals surface area contributed by atoms with E-state index >= 15 is 0 Å². The molecule has 22 heavy (non-hydrogen) atoms. The molecule has 0 saturated carbocycles. The van der Waals surface area contributed by atoms with Crippen molar-refractivity contribution in [2.75, 3.05) is 13.1 Å². The number of nitrogens with one attached hydrogen (secondary N) is 1. The number of allylic oxidation sites excluding steroid dienone is 1. The number of Topliss-reactive ketones (excluding diaryl/α,β-unsaturated/α-hetero) is 1. The average molecular weight is 345 g/mol. The van der Waals surface area contributed by atoms with Crippen molar-refractivity contribution in [3.63, 3.8) is 0 Å². The van der Waals surface area contributed by atoms with E-state index in [1.165, 1.54) is 0 Å². The summed E-state index contributed by atoms with van der Waals surface area (Å²) in [5.74, 6) is -0.179. The predicted octanol–water partition coefficient (Wildman–Crippen LogP) is 3.90. The van der Waals surface area contributed by atoms with Crippen molar-refractivity contribution in [1.82, 2.24) is 5.48 Å². The molecule has 0 unspecified atom stereocenters. The number of rotatable bonds is 10. The van der Waals surface area contributed by atoms with E-state index in [0.29, 0.717) is 29.1 Å². The van der Waals surface area contributed by atoms with Gasteiger partial charge in [0.15, 0.2) is 5.78 Å². The van der Waals surface area contributed by atoms with Crippen LogP contribution in [0.5, 0.6) is 0 Å². The lowest BCUT2D eigenvalue weighted by Gasteiger charge is -2.11. The Kier molecular flexibility index (Phi) is 8.68. The first-order valence-electron chi connectivity index (χ1n) is 7.27. The minimum atomic E-state index is -0.179. The number of carbonyl (C=O) groups is 1. The molecule has 1 rings (SSSR count). The van der Waals surface area contributed by atoms with Crippen LogP contribution in [-0.4, -0.2) is 18.9 Å². The monoisotopic (exact) mass is 344 g/mol. The molecule has 6 heteroatoms. The molecule has 1 aromatic rings. The molecular weight excluding hydrogens is 323 g/mol. The number of unbranched alkanes of at least 4 members (excludes halogenated alkanes) is 1. The van der Waals surface area contributed by atoms with Crippen molar-refractivity contribution < 1.29 is 9.63 Å². The molecule has 0 aromatic heterocycles. The zero-order valence-electron chi connectivity index (χ0n) is 12.8. The minimum Gasteiger partial charge on any atom is -0.330 e. The van der Waals surface area contributed by atoms with Crippen LogP contribution in [0.25, 0.3) is 0 Å². The van der Waals surface area contributed by atoms with Crippen LogP contribution in [-0.2, 0) is 11.4 Å². The van der Waals surface area contributed by atoms with Crippen LogP contribution < -0.4 is 11.2 Å². The minimum absolute atomic E-state index is 0.179. The highest BCUT2D eigenvalue weighted by molar-refractivity contribution is 6.44. The third-order valence-electron chi connectivity index (χ3n) is 3.22. The summed E-state index contributed by atoms with van der Waals surface area (Å²) in [5.41, 5.74) is 9.84. The molecule has 0 amide bonds. The summed E-state index contributed by atoms with van der Waals surface area (Å²) in [4.78, 5) is 17.5. The van der Waals surface area contributed by atoms with Gasteiger partial charge in [-0.15, -0.1) is 0 Å². The quantitative estimate of drug-likeness (QED) is 0.292. The Labute approximate surface area is 141 Å². The molecule has 0 atom stereocenters. The highest BCUT2D eigenvalue weighted by Gasteiger charge is 2.17.